The Hall–Kier alpha value is -3.50. The van der Waals surface area contributed by atoms with Crippen LogP contribution in [0.4, 0.5) is 0 Å². The van der Waals surface area contributed by atoms with Crippen LogP contribution in [-0.2, 0) is 6.54 Å². The van der Waals surface area contributed by atoms with Crippen molar-refractivity contribution in [3.63, 3.8) is 0 Å². The second-order valence-corrected chi connectivity index (χ2v) is 9.74. The highest BCUT2D eigenvalue weighted by Gasteiger charge is 2.36. The number of hydrogen-bond donors (Lipinski definition) is 1. The van der Waals surface area contributed by atoms with Gasteiger partial charge in [0, 0.05) is 24.0 Å². The summed E-state index contributed by atoms with van der Waals surface area (Å²) in [5.41, 5.74) is -0.251. The standard InChI is InChI=1S/C24H23ClN6O4/c25-16-3-5-17(6-4-16)31-20-18(11-28-31)22(32)30(14-27-20)13-24(34)7-9-29(10-8-24)23(33)19-12-26-21(35-19)15-1-2-15/h3-6,11-12,14-15,34H,1-2,7-10,13H2. The summed E-state index contributed by atoms with van der Waals surface area (Å²) >= 11 is 5.96. The zero-order valence-electron chi connectivity index (χ0n) is 18.8. The van der Waals surface area contributed by atoms with Gasteiger partial charge < -0.3 is 14.4 Å². The fourth-order valence-corrected chi connectivity index (χ4v) is 4.62. The zero-order chi connectivity index (χ0) is 24.2. The van der Waals surface area contributed by atoms with Crippen molar-refractivity contribution in [3.05, 3.63) is 70.0 Å². The highest BCUT2D eigenvalue weighted by atomic mass is 35.5. The molecule has 1 amide bonds. The van der Waals surface area contributed by atoms with E-state index in [0.29, 0.717) is 53.8 Å². The van der Waals surface area contributed by atoms with Crippen molar-refractivity contribution in [2.75, 3.05) is 13.1 Å². The first-order chi connectivity index (χ1) is 16.9. The van der Waals surface area contributed by atoms with Crippen molar-refractivity contribution in [1.29, 1.82) is 0 Å². The Kier molecular flexibility index (Phi) is 5.23. The number of aromatic nitrogens is 5. The minimum atomic E-state index is -1.14. The van der Waals surface area contributed by atoms with E-state index >= 15 is 0 Å². The molecule has 1 aliphatic carbocycles. The quantitative estimate of drug-likeness (QED) is 0.453. The molecule has 1 aliphatic heterocycles. The van der Waals surface area contributed by atoms with Crippen LogP contribution in [0.15, 0.2) is 52.2 Å². The summed E-state index contributed by atoms with van der Waals surface area (Å²) in [7, 11) is 0. The van der Waals surface area contributed by atoms with Crippen LogP contribution in [0.5, 0.6) is 0 Å². The monoisotopic (exact) mass is 494 g/mol. The number of fused-ring (bicyclic) bond motifs is 1. The van der Waals surface area contributed by atoms with Crippen molar-refractivity contribution in [2.45, 2.75) is 43.7 Å². The second-order valence-electron chi connectivity index (χ2n) is 9.30. The van der Waals surface area contributed by atoms with Crippen LogP contribution in [0, 0.1) is 0 Å². The first-order valence-corrected chi connectivity index (χ1v) is 11.9. The lowest BCUT2D eigenvalue weighted by atomic mass is 9.91. The molecule has 1 saturated carbocycles. The minimum absolute atomic E-state index is 0.0804. The average Bonchev–Trinajstić information content (AvgIpc) is 3.42. The van der Waals surface area contributed by atoms with Crippen molar-refractivity contribution < 1.29 is 14.3 Å². The van der Waals surface area contributed by atoms with E-state index in [1.807, 2.05) is 0 Å². The fraction of sp³-hybridized carbons (Fsp3) is 0.375. The summed E-state index contributed by atoms with van der Waals surface area (Å²) in [6, 6.07) is 7.08. The highest BCUT2D eigenvalue weighted by molar-refractivity contribution is 6.30. The van der Waals surface area contributed by atoms with Crippen LogP contribution in [0.2, 0.25) is 5.02 Å². The van der Waals surface area contributed by atoms with E-state index in [-0.39, 0.29) is 23.8 Å². The SMILES string of the molecule is O=C(c1cnc(C2CC2)o1)N1CCC(O)(Cn2cnc3c(cnn3-c3ccc(Cl)cc3)c2=O)CC1. The van der Waals surface area contributed by atoms with Gasteiger partial charge in [-0.05, 0) is 49.9 Å². The number of likely N-dealkylation sites (tertiary alicyclic amines) is 1. The van der Waals surface area contributed by atoms with Crippen LogP contribution >= 0.6 is 11.6 Å². The van der Waals surface area contributed by atoms with E-state index in [1.165, 1.54) is 23.3 Å². The highest BCUT2D eigenvalue weighted by Crippen LogP contribution is 2.39. The minimum Gasteiger partial charge on any atom is -0.435 e. The van der Waals surface area contributed by atoms with Crippen LogP contribution in [0.1, 0.15) is 48.0 Å². The molecule has 2 fully saturated rings. The lowest BCUT2D eigenvalue weighted by Crippen LogP contribution is -2.49. The average molecular weight is 495 g/mol. The molecule has 1 N–H and O–H groups in total. The Balaban J connectivity index is 1.16. The van der Waals surface area contributed by atoms with Crippen molar-refractivity contribution in [2.24, 2.45) is 0 Å². The van der Waals surface area contributed by atoms with Gasteiger partial charge in [0.1, 0.15) is 11.7 Å². The van der Waals surface area contributed by atoms with Gasteiger partial charge in [-0.1, -0.05) is 11.6 Å². The van der Waals surface area contributed by atoms with E-state index in [2.05, 4.69) is 15.1 Å². The molecule has 1 aromatic carbocycles. The van der Waals surface area contributed by atoms with Crippen LogP contribution in [-0.4, -0.2) is 58.9 Å². The Morgan fingerprint density at radius 3 is 2.60 bits per heavy atom. The van der Waals surface area contributed by atoms with E-state index < -0.39 is 5.60 Å². The third kappa shape index (κ3) is 4.12. The lowest BCUT2D eigenvalue weighted by molar-refractivity contribution is -0.0304. The number of benzene rings is 1. The Morgan fingerprint density at radius 1 is 1.14 bits per heavy atom. The van der Waals surface area contributed by atoms with Crippen molar-refractivity contribution in [3.8, 4) is 5.69 Å². The molecule has 10 nitrogen and oxygen atoms in total. The molecule has 11 heteroatoms. The smallest absolute Gasteiger partial charge is 0.291 e. The van der Waals surface area contributed by atoms with Gasteiger partial charge in [0.05, 0.1) is 30.2 Å². The summed E-state index contributed by atoms with van der Waals surface area (Å²) in [5, 5.41) is 16.5. The molecule has 0 unspecified atom stereocenters. The van der Waals surface area contributed by atoms with Gasteiger partial charge >= 0.3 is 0 Å². The summed E-state index contributed by atoms with van der Waals surface area (Å²) in [6.07, 6.45) is 7.16. The number of aliphatic hydroxyl groups is 1. The van der Waals surface area contributed by atoms with Crippen LogP contribution in [0.25, 0.3) is 16.7 Å². The number of oxazole rings is 1. The molecule has 0 atom stereocenters. The maximum atomic E-state index is 13.1. The molecular weight excluding hydrogens is 472 g/mol. The number of carbonyl (C=O) groups is 1. The topological polar surface area (TPSA) is 119 Å². The van der Waals surface area contributed by atoms with Gasteiger partial charge in [0.15, 0.2) is 11.5 Å². The Morgan fingerprint density at radius 2 is 1.89 bits per heavy atom. The van der Waals surface area contributed by atoms with Gasteiger partial charge in [-0.25, -0.2) is 14.6 Å². The normalized spacial score (nSPS) is 17.7. The van der Waals surface area contributed by atoms with Crippen LogP contribution in [0.3, 0.4) is 0 Å². The van der Waals surface area contributed by atoms with Crippen molar-refractivity contribution >= 4 is 28.5 Å². The van der Waals surface area contributed by atoms with Gasteiger partial charge in [-0.15, -0.1) is 0 Å². The molecule has 180 valence electrons. The van der Waals surface area contributed by atoms with E-state index in [0.717, 1.165) is 18.5 Å². The largest absolute Gasteiger partial charge is 0.435 e. The first-order valence-electron chi connectivity index (χ1n) is 11.6. The number of hydrogen-bond acceptors (Lipinski definition) is 7. The molecule has 0 radical (unpaired) electrons. The number of halogens is 1. The lowest BCUT2D eigenvalue weighted by Gasteiger charge is -2.38. The maximum Gasteiger partial charge on any atom is 0.291 e. The zero-order valence-corrected chi connectivity index (χ0v) is 19.6. The maximum absolute atomic E-state index is 13.1. The Labute approximate surface area is 204 Å². The molecule has 2 aliphatic rings. The second kappa shape index (κ2) is 8.31. The number of piperidine rings is 1. The Bertz CT molecular complexity index is 1460. The molecule has 6 rings (SSSR count). The van der Waals surface area contributed by atoms with E-state index in [1.54, 1.807) is 33.8 Å². The van der Waals surface area contributed by atoms with Gasteiger partial charge in [0.25, 0.3) is 11.5 Å². The molecule has 3 aromatic heterocycles. The van der Waals surface area contributed by atoms with Gasteiger partial charge in [0.2, 0.25) is 5.76 Å². The summed E-state index contributed by atoms with van der Waals surface area (Å²) in [5.74, 6) is 0.983. The van der Waals surface area contributed by atoms with Gasteiger partial charge in [-0.2, -0.15) is 5.10 Å². The van der Waals surface area contributed by atoms with Crippen LogP contribution < -0.4 is 5.56 Å². The number of rotatable bonds is 5. The number of amides is 1. The summed E-state index contributed by atoms with van der Waals surface area (Å²) in [4.78, 5) is 36.2. The predicted octanol–water partition coefficient (Wildman–Crippen LogP) is 2.77. The molecule has 4 heterocycles. The number of nitrogens with zero attached hydrogens (tertiary/aromatic N) is 6. The molecule has 35 heavy (non-hydrogen) atoms. The first kappa shape index (κ1) is 22.0. The molecule has 4 aromatic rings. The summed E-state index contributed by atoms with van der Waals surface area (Å²) in [6.45, 7) is 0.790. The van der Waals surface area contributed by atoms with E-state index in [4.69, 9.17) is 16.0 Å². The number of carbonyl (C=O) groups excluding carboxylic acids is 1. The van der Waals surface area contributed by atoms with Gasteiger partial charge in [-0.3, -0.25) is 14.2 Å². The third-order valence-corrected chi connectivity index (χ3v) is 6.98. The molecule has 0 spiro atoms. The third-order valence-electron chi connectivity index (χ3n) is 6.73. The molecular formula is C24H23ClN6O4. The fourth-order valence-electron chi connectivity index (χ4n) is 4.50. The summed E-state index contributed by atoms with van der Waals surface area (Å²) < 4.78 is 8.62. The predicted molar refractivity (Wildman–Crippen MR) is 127 cm³/mol. The molecule has 0 bridgehead atoms. The van der Waals surface area contributed by atoms with E-state index in [9.17, 15) is 14.7 Å². The molecule has 1 saturated heterocycles. The van der Waals surface area contributed by atoms with Crippen molar-refractivity contribution in [1.82, 2.24) is 29.2 Å².